The van der Waals surface area contributed by atoms with E-state index in [1.165, 1.54) is 0 Å². The van der Waals surface area contributed by atoms with Crippen LogP contribution in [0.1, 0.15) is 26.2 Å². The standard InChI is InChI=1S/C12H18Cl2N2O2/c1-8(12(17)16-7-3-6-15)18-11-9(13)4-2-5-10(11)14/h4,8H,2-3,5-7,15H2,1H3,(H,16,17). The van der Waals surface area contributed by atoms with Crippen LogP contribution >= 0.6 is 23.2 Å². The molecule has 0 aromatic heterocycles. The van der Waals surface area contributed by atoms with E-state index in [2.05, 4.69) is 5.32 Å². The summed E-state index contributed by atoms with van der Waals surface area (Å²) >= 11 is 12.0. The number of nitrogens with two attached hydrogens (primary N) is 1. The van der Waals surface area contributed by atoms with Crippen LogP contribution in [0.3, 0.4) is 0 Å². The zero-order chi connectivity index (χ0) is 13.5. The Morgan fingerprint density at radius 3 is 2.94 bits per heavy atom. The monoisotopic (exact) mass is 292 g/mol. The third-order valence-electron chi connectivity index (χ3n) is 2.49. The zero-order valence-corrected chi connectivity index (χ0v) is 11.9. The fraction of sp³-hybridized carbons (Fsp3) is 0.583. The van der Waals surface area contributed by atoms with E-state index in [4.69, 9.17) is 33.7 Å². The van der Waals surface area contributed by atoms with E-state index in [0.717, 1.165) is 12.8 Å². The van der Waals surface area contributed by atoms with E-state index in [1.807, 2.05) is 6.08 Å². The summed E-state index contributed by atoms with van der Waals surface area (Å²) in [5.74, 6) is 0.210. The maximum absolute atomic E-state index is 11.7. The molecule has 18 heavy (non-hydrogen) atoms. The number of halogens is 2. The number of rotatable bonds is 6. The van der Waals surface area contributed by atoms with Gasteiger partial charge in [-0.3, -0.25) is 4.79 Å². The summed E-state index contributed by atoms with van der Waals surface area (Å²) in [4.78, 5) is 11.7. The van der Waals surface area contributed by atoms with Crippen LogP contribution < -0.4 is 11.1 Å². The van der Waals surface area contributed by atoms with Gasteiger partial charge < -0.3 is 15.8 Å². The Kier molecular flexibility index (Phi) is 6.54. The fourth-order valence-corrected chi connectivity index (χ4v) is 2.04. The van der Waals surface area contributed by atoms with Crippen molar-refractivity contribution >= 4 is 29.1 Å². The second-order valence-corrected chi connectivity index (χ2v) is 4.88. The van der Waals surface area contributed by atoms with Gasteiger partial charge in [0.2, 0.25) is 0 Å². The third kappa shape index (κ3) is 4.52. The van der Waals surface area contributed by atoms with E-state index < -0.39 is 6.10 Å². The highest BCUT2D eigenvalue weighted by molar-refractivity contribution is 6.35. The van der Waals surface area contributed by atoms with Gasteiger partial charge in [-0.25, -0.2) is 0 Å². The van der Waals surface area contributed by atoms with Crippen molar-refractivity contribution in [2.75, 3.05) is 13.1 Å². The molecule has 0 fully saturated rings. The number of carbonyl (C=O) groups excluding carboxylic acids is 1. The largest absolute Gasteiger partial charge is 0.478 e. The summed E-state index contributed by atoms with van der Waals surface area (Å²) < 4.78 is 5.51. The van der Waals surface area contributed by atoms with Crippen LogP contribution in [0.15, 0.2) is 21.9 Å². The van der Waals surface area contributed by atoms with Crippen molar-refractivity contribution in [3.63, 3.8) is 0 Å². The lowest BCUT2D eigenvalue weighted by molar-refractivity contribution is -0.129. The van der Waals surface area contributed by atoms with E-state index in [0.29, 0.717) is 35.3 Å². The summed E-state index contributed by atoms with van der Waals surface area (Å²) in [6.45, 7) is 2.74. The Morgan fingerprint density at radius 1 is 1.61 bits per heavy atom. The minimum Gasteiger partial charge on any atom is -0.478 e. The lowest BCUT2D eigenvalue weighted by Crippen LogP contribution is -2.35. The van der Waals surface area contributed by atoms with E-state index >= 15 is 0 Å². The molecule has 6 heteroatoms. The third-order valence-corrected chi connectivity index (χ3v) is 3.18. The minimum absolute atomic E-state index is 0.199. The van der Waals surface area contributed by atoms with Gasteiger partial charge in [0.05, 0.1) is 10.1 Å². The maximum atomic E-state index is 11.7. The van der Waals surface area contributed by atoms with Crippen molar-refractivity contribution in [3.05, 3.63) is 21.9 Å². The predicted molar refractivity (Wildman–Crippen MR) is 73.3 cm³/mol. The van der Waals surface area contributed by atoms with Crippen LogP contribution in [0.5, 0.6) is 0 Å². The normalized spacial score (nSPS) is 17.2. The van der Waals surface area contributed by atoms with Crippen LogP contribution in [0.2, 0.25) is 0 Å². The van der Waals surface area contributed by atoms with Gasteiger partial charge in [-0.05, 0) is 32.7 Å². The number of ether oxygens (including phenoxy) is 1. The van der Waals surface area contributed by atoms with Crippen molar-refractivity contribution in [2.45, 2.75) is 32.3 Å². The smallest absolute Gasteiger partial charge is 0.260 e. The highest BCUT2D eigenvalue weighted by Crippen LogP contribution is 2.31. The van der Waals surface area contributed by atoms with Crippen molar-refractivity contribution in [2.24, 2.45) is 5.73 Å². The number of allylic oxidation sites excluding steroid dienone is 3. The second kappa shape index (κ2) is 7.67. The molecule has 1 atom stereocenters. The highest BCUT2D eigenvalue weighted by Gasteiger charge is 2.21. The Labute approximate surface area is 117 Å². The molecule has 4 nitrogen and oxygen atoms in total. The Morgan fingerprint density at radius 2 is 2.33 bits per heavy atom. The Bertz CT molecular complexity index is 367. The zero-order valence-electron chi connectivity index (χ0n) is 10.3. The molecule has 1 aliphatic rings. The molecular formula is C12H18Cl2N2O2. The van der Waals surface area contributed by atoms with Crippen LogP contribution in [0, 0.1) is 0 Å². The molecule has 102 valence electrons. The first-order valence-electron chi connectivity index (χ1n) is 5.95. The summed E-state index contributed by atoms with van der Waals surface area (Å²) in [6, 6.07) is 0. The first kappa shape index (κ1) is 15.3. The molecule has 0 aromatic rings. The van der Waals surface area contributed by atoms with E-state index in [1.54, 1.807) is 6.92 Å². The van der Waals surface area contributed by atoms with Crippen molar-refractivity contribution in [3.8, 4) is 0 Å². The fourth-order valence-electron chi connectivity index (χ4n) is 1.47. The number of hydrogen-bond donors (Lipinski definition) is 2. The number of nitrogens with one attached hydrogen (secondary N) is 1. The molecule has 0 saturated heterocycles. The molecule has 0 saturated carbocycles. The molecule has 0 heterocycles. The number of carbonyl (C=O) groups is 1. The van der Waals surface area contributed by atoms with Gasteiger partial charge >= 0.3 is 0 Å². The lowest BCUT2D eigenvalue weighted by Gasteiger charge is -2.20. The van der Waals surface area contributed by atoms with Crippen LogP contribution in [0.25, 0.3) is 0 Å². The maximum Gasteiger partial charge on any atom is 0.260 e. The van der Waals surface area contributed by atoms with Crippen molar-refractivity contribution < 1.29 is 9.53 Å². The lowest BCUT2D eigenvalue weighted by atomic mass is 10.1. The summed E-state index contributed by atoms with van der Waals surface area (Å²) in [7, 11) is 0. The van der Waals surface area contributed by atoms with Crippen LogP contribution in [0.4, 0.5) is 0 Å². The molecular weight excluding hydrogens is 275 g/mol. The van der Waals surface area contributed by atoms with Crippen molar-refractivity contribution in [1.29, 1.82) is 0 Å². The first-order valence-corrected chi connectivity index (χ1v) is 6.71. The van der Waals surface area contributed by atoms with Gasteiger partial charge in [-0.2, -0.15) is 0 Å². The first-order chi connectivity index (χ1) is 8.56. The average molecular weight is 293 g/mol. The van der Waals surface area contributed by atoms with E-state index in [9.17, 15) is 4.79 Å². The molecule has 0 aromatic carbocycles. The molecule has 0 aliphatic heterocycles. The Hall–Kier alpha value is -0.710. The van der Waals surface area contributed by atoms with Gasteiger partial charge in [0.1, 0.15) is 0 Å². The van der Waals surface area contributed by atoms with Gasteiger partial charge in [-0.1, -0.05) is 29.3 Å². The van der Waals surface area contributed by atoms with Gasteiger partial charge in [0.25, 0.3) is 5.91 Å². The minimum atomic E-state index is -0.633. The SMILES string of the molecule is CC(OC1=C(Cl)CCC=C1Cl)C(=O)NCCCN. The molecule has 1 unspecified atom stereocenters. The van der Waals surface area contributed by atoms with E-state index in [-0.39, 0.29) is 5.91 Å². The van der Waals surface area contributed by atoms with Crippen molar-refractivity contribution in [1.82, 2.24) is 5.32 Å². The number of hydrogen-bond acceptors (Lipinski definition) is 3. The molecule has 3 N–H and O–H groups in total. The van der Waals surface area contributed by atoms with Gasteiger partial charge in [0, 0.05) is 6.54 Å². The molecule has 0 bridgehead atoms. The average Bonchev–Trinajstić information content (AvgIpc) is 2.34. The predicted octanol–water partition coefficient (Wildman–Crippen LogP) is 2.22. The van der Waals surface area contributed by atoms with Crippen LogP contribution in [-0.2, 0) is 9.53 Å². The molecule has 0 radical (unpaired) electrons. The summed E-state index contributed by atoms with van der Waals surface area (Å²) in [6.07, 6.45) is 3.42. The molecule has 1 aliphatic carbocycles. The van der Waals surface area contributed by atoms with Gasteiger partial charge in [0.15, 0.2) is 11.9 Å². The Balaban J connectivity index is 2.51. The highest BCUT2D eigenvalue weighted by atomic mass is 35.5. The summed E-state index contributed by atoms with van der Waals surface area (Å²) in [5.41, 5.74) is 5.34. The topological polar surface area (TPSA) is 64.3 Å². The second-order valence-electron chi connectivity index (χ2n) is 4.02. The summed E-state index contributed by atoms with van der Waals surface area (Å²) in [5, 5.41) is 3.76. The number of amides is 1. The van der Waals surface area contributed by atoms with Crippen LogP contribution in [-0.4, -0.2) is 25.1 Å². The molecule has 0 spiro atoms. The van der Waals surface area contributed by atoms with Gasteiger partial charge in [-0.15, -0.1) is 0 Å². The molecule has 1 amide bonds. The quantitative estimate of drug-likeness (QED) is 0.738. The molecule has 1 rings (SSSR count).